The molecule has 23 heteroatoms. The van der Waals surface area contributed by atoms with Crippen molar-refractivity contribution in [3.8, 4) is 0 Å². The van der Waals surface area contributed by atoms with Crippen LogP contribution in [0.3, 0.4) is 0 Å². The molecule has 3 aliphatic heterocycles. The Balaban J connectivity index is 1.50. The summed E-state index contributed by atoms with van der Waals surface area (Å²) in [5.74, 6) is 0. The van der Waals surface area contributed by atoms with Gasteiger partial charge >= 0.3 is 11.4 Å². The minimum absolute atomic E-state index is 0.0615. The summed E-state index contributed by atoms with van der Waals surface area (Å²) in [7, 11) is -9.63. The van der Waals surface area contributed by atoms with E-state index < -0.39 is 103 Å². The monoisotopic (exact) mass is 910 g/mol. The minimum Gasteiger partial charge on any atom is -0.414 e. The normalized spacial score (nSPS) is 26.8. The standard InChI is InChI=1S/C38H62N8O12SSi2/c1-23-18-45(29-17-25(41-42-40)26(20-47)55-29)34(50)43(31(23)48)15-13-14-16-44-32(49)24(2)19-46(35(44)51)33-30(57-61(11,12)37(6,7)8)38(27(39)22-59(52,53)58-38)28(56-33)21-54-60(9,10)36(3,4)5/h18-19,22,25-26,28-30,33,47H,13-17,20-21,39H2,1-12H3/t25-,26+,28+,29+,30-,33+,38?/m0/s1. The summed E-state index contributed by atoms with van der Waals surface area (Å²) in [6, 6.07) is -0.715. The van der Waals surface area contributed by atoms with Crippen molar-refractivity contribution >= 4 is 26.8 Å². The average molecular weight is 911 g/mol. The number of hydrogen-bond donors (Lipinski definition) is 2. The molecule has 0 aromatic carbocycles. The highest BCUT2D eigenvalue weighted by Crippen LogP contribution is 2.52. The van der Waals surface area contributed by atoms with Gasteiger partial charge in [-0.15, -0.1) is 0 Å². The smallest absolute Gasteiger partial charge is 0.333 e. The molecular weight excluding hydrogens is 849 g/mol. The van der Waals surface area contributed by atoms with Crippen molar-refractivity contribution in [3.05, 3.63) is 86.7 Å². The number of aliphatic hydroxyl groups excluding tert-OH is 1. The first kappa shape index (κ1) is 48.4. The largest absolute Gasteiger partial charge is 0.414 e. The number of nitrogens with zero attached hydrogens (tertiary/aromatic N) is 7. The summed E-state index contributed by atoms with van der Waals surface area (Å²) in [6.45, 7) is 22.6. The van der Waals surface area contributed by atoms with Gasteiger partial charge in [0, 0.05) is 47.9 Å². The highest BCUT2D eigenvalue weighted by Gasteiger charge is 2.67. The molecule has 20 nitrogen and oxygen atoms in total. The fourth-order valence-corrected chi connectivity index (χ4v) is 10.8. The molecule has 0 saturated carbocycles. The second kappa shape index (κ2) is 17.1. The molecule has 2 aromatic heterocycles. The first-order chi connectivity index (χ1) is 28.0. The van der Waals surface area contributed by atoms with E-state index in [0.717, 1.165) is 14.5 Å². The third-order valence-electron chi connectivity index (χ3n) is 13.0. The average Bonchev–Trinajstić information content (AvgIpc) is 3.76. The van der Waals surface area contributed by atoms with E-state index in [9.17, 15) is 32.7 Å². The van der Waals surface area contributed by atoms with Crippen molar-refractivity contribution in [2.75, 3.05) is 13.2 Å². The van der Waals surface area contributed by atoms with Gasteiger partial charge in [-0.2, -0.15) is 8.42 Å². The lowest BCUT2D eigenvalue weighted by Crippen LogP contribution is -2.59. The number of rotatable bonds is 14. The van der Waals surface area contributed by atoms with E-state index in [1.54, 1.807) is 13.8 Å². The van der Waals surface area contributed by atoms with Crippen molar-refractivity contribution in [1.29, 1.82) is 0 Å². The maximum absolute atomic E-state index is 14.5. The first-order valence-electron chi connectivity index (χ1n) is 20.4. The van der Waals surface area contributed by atoms with E-state index in [1.807, 2.05) is 47.0 Å². The van der Waals surface area contributed by atoms with Crippen LogP contribution in [0.5, 0.6) is 0 Å². The van der Waals surface area contributed by atoms with Gasteiger partial charge in [0.15, 0.2) is 28.5 Å². The maximum Gasteiger partial charge on any atom is 0.333 e. The van der Waals surface area contributed by atoms with Crippen LogP contribution < -0.4 is 28.2 Å². The number of aromatic nitrogens is 4. The summed E-state index contributed by atoms with van der Waals surface area (Å²) in [5.41, 5.74) is 11.4. The molecule has 0 radical (unpaired) electrons. The Morgan fingerprint density at radius 1 is 0.918 bits per heavy atom. The third-order valence-corrected chi connectivity index (χ3v) is 23.0. The van der Waals surface area contributed by atoms with Crippen LogP contribution in [0.25, 0.3) is 10.4 Å². The number of aryl methyl sites for hydroxylation is 2. The number of nitrogens with two attached hydrogens (primary N) is 1. The van der Waals surface area contributed by atoms with Gasteiger partial charge in [-0.05, 0) is 68.5 Å². The van der Waals surface area contributed by atoms with E-state index in [4.69, 9.17) is 33.8 Å². The topological polar surface area (TPSA) is 263 Å². The Morgan fingerprint density at radius 3 is 1.92 bits per heavy atom. The summed E-state index contributed by atoms with van der Waals surface area (Å²) < 4.78 is 63.0. The van der Waals surface area contributed by atoms with Gasteiger partial charge in [0.2, 0.25) is 0 Å². The van der Waals surface area contributed by atoms with Gasteiger partial charge in [-0.1, -0.05) is 46.7 Å². The lowest BCUT2D eigenvalue weighted by Gasteiger charge is -2.43. The number of azide groups is 1. The number of ether oxygens (including phenoxy) is 2. The van der Waals surface area contributed by atoms with Gasteiger partial charge in [-0.3, -0.25) is 27.9 Å². The quantitative estimate of drug-likeness (QED) is 0.0687. The zero-order chi connectivity index (χ0) is 45.8. The molecule has 5 heterocycles. The van der Waals surface area contributed by atoms with E-state index in [0.29, 0.717) is 0 Å². The molecule has 2 aromatic rings. The van der Waals surface area contributed by atoms with Gasteiger partial charge in [0.25, 0.3) is 21.2 Å². The van der Waals surface area contributed by atoms with Crippen LogP contribution in [-0.4, -0.2) is 91.6 Å². The van der Waals surface area contributed by atoms with Crippen LogP contribution in [0, 0.1) is 13.8 Å². The Bertz CT molecular complexity index is 2440. The molecule has 3 N–H and O–H groups in total. The Hall–Kier alpha value is -3.65. The molecule has 3 aliphatic rings. The second-order valence-corrected chi connectivity index (χ2v) is 30.2. The zero-order valence-corrected chi connectivity index (χ0v) is 40.0. The van der Waals surface area contributed by atoms with Crippen LogP contribution in [-0.2, 0) is 45.7 Å². The highest BCUT2D eigenvalue weighted by atomic mass is 32.2. The van der Waals surface area contributed by atoms with Gasteiger partial charge in [-0.25, -0.2) is 13.8 Å². The van der Waals surface area contributed by atoms with Crippen molar-refractivity contribution < 1.29 is 36.0 Å². The van der Waals surface area contributed by atoms with Gasteiger partial charge in [0.1, 0.15) is 18.4 Å². The maximum atomic E-state index is 14.5. The van der Waals surface area contributed by atoms with Crippen LogP contribution >= 0.6 is 0 Å². The summed E-state index contributed by atoms with van der Waals surface area (Å²) in [6.07, 6.45) is -2.28. The Kier molecular flexibility index (Phi) is 13.6. The SMILES string of the molecule is Cc1cn([C@@H]2O[C@H](CO[Si](C)(C)C(C)(C)C)C3(OS(=O)(=O)C=C3N)[C@H]2O[Si](C)(C)C(C)(C)C)c(=O)n(CCCCn2c(=O)c(C)cn([C@H]3C[C@H](N=[N+]=[N-])[C@@H](CO)O3)c2=O)c1=O. The van der Waals surface area contributed by atoms with Crippen molar-refractivity contribution in [2.45, 2.75) is 166 Å². The second-order valence-electron chi connectivity index (χ2n) is 19.3. The predicted molar refractivity (Wildman–Crippen MR) is 231 cm³/mol. The molecule has 2 fully saturated rings. The molecule has 0 amide bonds. The fraction of sp³-hybridized carbons (Fsp3) is 0.737. The summed E-state index contributed by atoms with van der Waals surface area (Å²) in [5, 5.41) is 13.6. The molecule has 2 saturated heterocycles. The van der Waals surface area contributed by atoms with E-state index in [-0.39, 0.29) is 60.8 Å². The van der Waals surface area contributed by atoms with Crippen molar-refractivity contribution in [1.82, 2.24) is 18.3 Å². The fourth-order valence-electron chi connectivity index (χ4n) is 7.29. The Labute approximate surface area is 357 Å². The van der Waals surface area contributed by atoms with Gasteiger partial charge < -0.3 is 29.2 Å². The first-order valence-corrected chi connectivity index (χ1v) is 27.7. The molecule has 340 valence electrons. The van der Waals surface area contributed by atoms with Crippen molar-refractivity contribution in [3.63, 3.8) is 0 Å². The molecular formula is C38H62N8O12SSi2. The Morgan fingerprint density at radius 2 is 1.44 bits per heavy atom. The predicted octanol–water partition coefficient (Wildman–Crippen LogP) is 3.60. The lowest BCUT2D eigenvalue weighted by molar-refractivity contribution is -0.0567. The highest BCUT2D eigenvalue weighted by molar-refractivity contribution is 7.90. The molecule has 1 spiro atoms. The summed E-state index contributed by atoms with van der Waals surface area (Å²) in [4.78, 5) is 57.8. The van der Waals surface area contributed by atoms with E-state index in [2.05, 4.69) is 30.8 Å². The summed E-state index contributed by atoms with van der Waals surface area (Å²) >= 11 is 0. The molecule has 7 atom stereocenters. The lowest BCUT2D eigenvalue weighted by atomic mass is 9.89. The molecule has 1 unspecified atom stereocenters. The third kappa shape index (κ3) is 9.22. The number of unbranched alkanes of at least 4 members (excludes halogenated alkanes) is 1. The van der Waals surface area contributed by atoms with E-state index in [1.165, 1.54) is 21.5 Å². The molecule has 5 rings (SSSR count). The molecule has 0 aliphatic carbocycles. The molecule has 0 bridgehead atoms. The van der Waals surface area contributed by atoms with E-state index >= 15 is 0 Å². The number of aliphatic hydroxyl groups is 1. The van der Waals surface area contributed by atoms with Crippen LogP contribution in [0.4, 0.5) is 0 Å². The van der Waals surface area contributed by atoms with Crippen molar-refractivity contribution in [2.24, 2.45) is 10.8 Å². The minimum atomic E-state index is -4.33. The van der Waals surface area contributed by atoms with Crippen LogP contribution in [0.2, 0.25) is 36.3 Å². The zero-order valence-electron chi connectivity index (χ0n) is 37.2. The van der Waals surface area contributed by atoms with Gasteiger partial charge in [0.05, 0.1) is 36.5 Å². The van der Waals surface area contributed by atoms with Crippen LogP contribution in [0.1, 0.15) is 84.4 Å². The van der Waals surface area contributed by atoms with Crippen LogP contribution in [0.15, 0.2) is 47.8 Å². The molecule has 61 heavy (non-hydrogen) atoms. The number of hydrogen-bond acceptors (Lipinski definition) is 14.